The number of methoxy groups -OCH3 is 1. The molecule has 0 aliphatic carbocycles. The van der Waals surface area contributed by atoms with Crippen molar-refractivity contribution in [3.63, 3.8) is 0 Å². The zero-order chi connectivity index (χ0) is 22.7. The molecule has 2 aliphatic rings. The highest BCUT2D eigenvalue weighted by atomic mass is 32.2. The van der Waals surface area contributed by atoms with Crippen molar-refractivity contribution in [3.8, 4) is 17.6 Å². The Morgan fingerprint density at radius 1 is 1.06 bits per heavy atom. The second-order valence-electron chi connectivity index (χ2n) is 8.48. The summed E-state index contributed by atoms with van der Waals surface area (Å²) in [4.78, 5) is 2.28. The Balaban J connectivity index is 1.55. The summed E-state index contributed by atoms with van der Waals surface area (Å²) in [5.41, 5.74) is 2.85. The van der Waals surface area contributed by atoms with E-state index < -0.39 is 10.0 Å². The van der Waals surface area contributed by atoms with Crippen LogP contribution in [0.3, 0.4) is 0 Å². The summed E-state index contributed by atoms with van der Waals surface area (Å²) in [7, 11) is -1.61. The fraction of sp³-hybridized carbons (Fsp3) is 0.440. The van der Waals surface area contributed by atoms with Crippen LogP contribution in [-0.4, -0.2) is 74.4 Å². The molecule has 4 rings (SSSR count). The topological polar surface area (TPSA) is 70.1 Å². The summed E-state index contributed by atoms with van der Waals surface area (Å²) in [5, 5.41) is 10.1. The van der Waals surface area contributed by atoms with Crippen LogP contribution in [-0.2, 0) is 10.0 Å². The number of ether oxygens (including phenoxy) is 1. The summed E-state index contributed by atoms with van der Waals surface area (Å²) >= 11 is 0. The van der Waals surface area contributed by atoms with Gasteiger partial charge in [-0.3, -0.25) is 4.90 Å². The maximum absolute atomic E-state index is 12.2. The number of nitrogens with zero attached hydrogens (tertiary/aromatic N) is 2. The SMILES string of the molecule is COc1ccccc1C#Cc1ccc([C@H]2[C@H](CO)N3CCCCN(S(C)(=O)=O)C[C@@H]23)cc1. The minimum atomic E-state index is -3.25. The smallest absolute Gasteiger partial charge is 0.211 e. The van der Waals surface area contributed by atoms with Crippen molar-refractivity contribution in [2.24, 2.45) is 0 Å². The number of hydrogen-bond donors (Lipinski definition) is 1. The average Bonchev–Trinajstić information content (AvgIpc) is 2.76. The number of aliphatic hydroxyl groups is 1. The molecule has 2 aromatic rings. The standard InChI is InChI=1S/C25H30N2O4S/c1-31-24-8-4-3-7-20(24)12-9-19-10-13-21(14-11-19)25-22-17-26(32(2,29)30)15-5-6-16-27(22)23(25)18-28/h3-4,7-8,10-11,13-14,22-23,25,28H,5-6,15-18H2,1-2H3/t22-,23-,25+/m0/s1. The van der Waals surface area contributed by atoms with Crippen molar-refractivity contribution in [3.05, 3.63) is 65.2 Å². The largest absolute Gasteiger partial charge is 0.495 e. The molecule has 1 N–H and O–H groups in total. The van der Waals surface area contributed by atoms with Crippen molar-refractivity contribution in [1.82, 2.24) is 9.21 Å². The molecule has 0 bridgehead atoms. The lowest BCUT2D eigenvalue weighted by molar-refractivity contribution is -0.0553. The average molecular weight is 455 g/mol. The molecule has 0 unspecified atom stereocenters. The zero-order valence-corrected chi connectivity index (χ0v) is 19.4. The number of benzene rings is 2. The minimum absolute atomic E-state index is 0.0185. The van der Waals surface area contributed by atoms with Gasteiger partial charge in [-0.2, -0.15) is 0 Å². The van der Waals surface area contributed by atoms with Gasteiger partial charge in [0.25, 0.3) is 0 Å². The van der Waals surface area contributed by atoms with Gasteiger partial charge in [-0.05, 0) is 49.2 Å². The van der Waals surface area contributed by atoms with E-state index >= 15 is 0 Å². The predicted molar refractivity (Wildman–Crippen MR) is 125 cm³/mol. The van der Waals surface area contributed by atoms with Gasteiger partial charge in [-0.25, -0.2) is 12.7 Å². The van der Waals surface area contributed by atoms with Gasteiger partial charge in [0.1, 0.15) is 5.75 Å². The van der Waals surface area contributed by atoms with Crippen LogP contribution in [0.25, 0.3) is 0 Å². The van der Waals surface area contributed by atoms with Crippen molar-refractivity contribution in [2.75, 3.05) is 39.6 Å². The lowest BCUT2D eigenvalue weighted by Gasteiger charge is -2.57. The van der Waals surface area contributed by atoms with Gasteiger partial charge in [0, 0.05) is 36.7 Å². The second-order valence-corrected chi connectivity index (χ2v) is 10.5. The van der Waals surface area contributed by atoms with Crippen LogP contribution in [0.15, 0.2) is 48.5 Å². The van der Waals surface area contributed by atoms with Gasteiger partial charge in [0.05, 0.1) is 25.5 Å². The molecule has 32 heavy (non-hydrogen) atoms. The molecule has 2 saturated heterocycles. The van der Waals surface area contributed by atoms with Crippen LogP contribution in [0.1, 0.15) is 35.4 Å². The minimum Gasteiger partial charge on any atom is -0.495 e. The fourth-order valence-corrected chi connectivity index (χ4v) is 5.77. The van der Waals surface area contributed by atoms with Crippen LogP contribution in [0.4, 0.5) is 0 Å². The van der Waals surface area contributed by atoms with Gasteiger partial charge in [0.15, 0.2) is 0 Å². The Morgan fingerprint density at radius 3 is 2.47 bits per heavy atom. The predicted octanol–water partition coefficient (Wildman–Crippen LogP) is 2.28. The van der Waals surface area contributed by atoms with E-state index in [-0.39, 0.29) is 24.6 Å². The molecular formula is C25H30N2O4S. The third-order valence-electron chi connectivity index (χ3n) is 6.55. The maximum Gasteiger partial charge on any atom is 0.211 e. The van der Waals surface area contributed by atoms with Gasteiger partial charge in [-0.1, -0.05) is 36.1 Å². The quantitative estimate of drug-likeness (QED) is 0.718. The number of fused-ring (bicyclic) bond motifs is 1. The number of aliphatic hydroxyl groups excluding tert-OH is 1. The molecular weight excluding hydrogens is 424 g/mol. The van der Waals surface area contributed by atoms with E-state index in [0.29, 0.717) is 13.1 Å². The van der Waals surface area contributed by atoms with Crippen molar-refractivity contribution in [1.29, 1.82) is 0 Å². The molecule has 0 aromatic heterocycles. The first-order valence-corrected chi connectivity index (χ1v) is 12.8. The van der Waals surface area contributed by atoms with E-state index in [9.17, 15) is 13.5 Å². The highest BCUT2D eigenvalue weighted by Gasteiger charge is 2.49. The lowest BCUT2D eigenvalue weighted by atomic mass is 9.74. The first kappa shape index (κ1) is 22.8. The Bertz CT molecular complexity index is 1100. The Kier molecular flexibility index (Phi) is 6.87. The summed E-state index contributed by atoms with van der Waals surface area (Å²) < 4.78 is 31.4. The van der Waals surface area contributed by atoms with Crippen LogP contribution < -0.4 is 4.74 Å². The van der Waals surface area contributed by atoms with Gasteiger partial charge in [0.2, 0.25) is 10.0 Å². The number of para-hydroxylation sites is 1. The Labute approximate surface area is 190 Å². The molecule has 0 radical (unpaired) electrons. The number of hydrogen-bond acceptors (Lipinski definition) is 5. The third kappa shape index (κ3) is 4.69. The molecule has 2 aliphatic heterocycles. The molecule has 2 heterocycles. The van der Waals surface area contributed by atoms with E-state index in [2.05, 4.69) is 28.9 Å². The Hall–Kier alpha value is -2.37. The van der Waals surface area contributed by atoms with Gasteiger partial charge >= 0.3 is 0 Å². The van der Waals surface area contributed by atoms with E-state index in [1.165, 1.54) is 6.26 Å². The highest BCUT2D eigenvalue weighted by molar-refractivity contribution is 7.88. The van der Waals surface area contributed by atoms with Gasteiger partial charge in [-0.15, -0.1) is 0 Å². The summed E-state index contributed by atoms with van der Waals surface area (Å²) in [6.07, 6.45) is 3.06. The highest BCUT2D eigenvalue weighted by Crippen LogP contribution is 2.42. The van der Waals surface area contributed by atoms with Crippen molar-refractivity contribution in [2.45, 2.75) is 30.8 Å². The van der Waals surface area contributed by atoms with Gasteiger partial charge < -0.3 is 9.84 Å². The fourth-order valence-electron chi connectivity index (χ4n) is 4.89. The molecule has 2 fully saturated rings. The molecule has 0 saturated carbocycles. The lowest BCUT2D eigenvalue weighted by Crippen LogP contribution is -2.67. The Morgan fingerprint density at radius 2 is 1.78 bits per heavy atom. The first-order valence-electron chi connectivity index (χ1n) is 11.0. The first-order chi connectivity index (χ1) is 15.4. The maximum atomic E-state index is 12.2. The van der Waals surface area contributed by atoms with Crippen LogP contribution >= 0.6 is 0 Å². The van der Waals surface area contributed by atoms with Crippen molar-refractivity contribution < 1.29 is 18.3 Å². The monoisotopic (exact) mass is 454 g/mol. The molecule has 2 aromatic carbocycles. The summed E-state index contributed by atoms with van der Waals surface area (Å²) in [6.45, 7) is 1.99. The molecule has 7 heteroatoms. The molecule has 6 nitrogen and oxygen atoms in total. The zero-order valence-electron chi connectivity index (χ0n) is 18.6. The van der Waals surface area contributed by atoms with E-state index in [1.54, 1.807) is 11.4 Å². The molecule has 0 spiro atoms. The number of sulfonamides is 1. The van der Waals surface area contributed by atoms with Crippen LogP contribution in [0.5, 0.6) is 5.75 Å². The summed E-state index contributed by atoms with van der Waals surface area (Å²) in [6, 6.07) is 15.9. The molecule has 0 amide bonds. The van der Waals surface area contributed by atoms with E-state index in [4.69, 9.17) is 4.74 Å². The summed E-state index contributed by atoms with van der Waals surface area (Å²) in [5.74, 6) is 7.19. The van der Waals surface area contributed by atoms with Crippen LogP contribution in [0, 0.1) is 11.8 Å². The van der Waals surface area contributed by atoms with E-state index in [0.717, 1.165) is 41.8 Å². The van der Waals surface area contributed by atoms with Crippen LogP contribution in [0.2, 0.25) is 0 Å². The normalized spacial score (nSPS) is 24.3. The molecule has 3 atom stereocenters. The third-order valence-corrected chi connectivity index (χ3v) is 7.82. The molecule has 170 valence electrons. The second kappa shape index (κ2) is 9.63. The van der Waals surface area contributed by atoms with E-state index in [1.807, 2.05) is 36.4 Å². The number of rotatable bonds is 4. The van der Waals surface area contributed by atoms with Crippen molar-refractivity contribution >= 4 is 10.0 Å².